The highest BCUT2D eigenvalue weighted by molar-refractivity contribution is 6.44. The number of ketones is 2. The molecule has 3 saturated carbocycles. The van der Waals surface area contributed by atoms with Gasteiger partial charge in [-0.25, -0.2) is 0 Å². The number of aliphatic hydroxyl groups is 4. The van der Waals surface area contributed by atoms with E-state index in [-0.39, 0.29) is 41.4 Å². The Morgan fingerprint density at radius 1 is 1.32 bits per heavy atom. The zero-order valence-corrected chi connectivity index (χ0v) is 16.8. The molecule has 0 aromatic rings. The maximum atomic E-state index is 12.4. The lowest BCUT2D eigenvalue weighted by Gasteiger charge is -2.59. The summed E-state index contributed by atoms with van der Waals surface area (Å²) in [6, 6.07) is 0. The molecule has 0 amide bonds. The molecule has 154 valence electrons. The van der Waals surface area contributed by atoms with Crippen molar-refractivity contribution in [2.75, 3.05) is 6.61 Å². The number of rotatable bonds is 2. The van der Waals surface area contributed by atoms with Crippen LogP contribution in [0.2, 0.25) is 0 Å². The summed E-state index contributed by atoms with van der Waals surface area (Å²) in [4.78, 5) is 24.5. The number of Topliss-reactive ketones (excluding diaryl/α,β-unsaturated/α-hetero) is 1. The molecule has 4 rings (SSSR count). The minimum absolute atomic E-state index is 0.0556. The third-order valence-electron chi connectivity index (χ3n) is 8.34. The van der Waals surface area contributed by atoms with Crippen LogP contribution >= 0.6 is 11.6 Å². The molecule has 4 aliphatic carbocycles. The number of carbonyl (C=O) groups excluding carboxylic acids is 2. The van der Waals surface area contributed by atoms with E-state index in [1.54, 1.807) is 19.1 Å². The van der Waals surface area contributed by atoms with Gasteiger partial charge in [0.05, 0.1) is 17.2 Å². The zero-order valence-electron chi connectivity index (χ0n) is 16.1. The number of halogens is 1. The molecule has 28 heavy (non-hydrogen) atoms. The van der Waals surface area contributed by atoms with Crippen LogP contribution in [0.15, 0.2) is 22.8 Å². The maximum absolute atomic E-state index is 12.4. The smallest absolute Gasteiger partial charge is 0.196 e. The van der Waals surface area contributed by atoms with Crippen LogP contribution in [-0.4, -0.2) is 56.4 Å². The standard InChI is InChI=1S/C21H27ClO6/c1-19-7-13(22)14(24)5-10(19)3-4-11-12-6-16(26)21(28,17(27)9-23)20(12,2)8-15(25)18(11)19/h5,7,11-12,15-16,18,23,25-26,28H,3-4,6,8-9H2,1-2H3/t11-,12-,15-,16+,18+,19-,20-,21-/m0/s1. The van der Waals surface area contributed by atoms with Crippen molar-refractivity contribution in [2.45, 2.75) is 57.3 Å². The predicted octanol–water partition coefficient (Wildman–Crippen LogP) is 1.09. The molecule has 0 aromatic carbocycles. The quantitative estimate of drug-likeness (QED) is 0.541. The van der Waals surface area contributed by atoms with Gasteiger partial charge in [-0.15, -0.1) is 0 Å². The Balaban J connectivity index is 1.79. The van der Waals surface area contributed by atoms with Gasteiger partial charge < -0.3 is 20.4 Å². The van der Waals surface area contributed by atoms with Gasteiger partial charge in [-0.2, -0.15) is 0 Å². The Bertz CT molecular complexity index is 805. The van der Waals surface area contributed by atoms with Crippen molar-refractivity contribution in [3.05, 3.63) is 22.8 Å². The van der Waals surface area contributed by atoms with Gasteiger partial charge in [0.1, 0.15) is 6.61 Å². The molecule has 6 nitrogen and oxygen atoms in total. The summed E-state index contributed by atoms with van der Waals surface area (Å²) < 4.78 is 0. The van der Waals surface area contributed by atoms with Crippen molar-refractivity contribution < 1.29 is 30.0 Å². The topological polar surface area (TPSA) is 115 Å². The van der Waals surface area contributed by atoms with Crippen LogP contribution in [0, 0.1) is 28.6 Å². The number of hydrogen-bond acceptors (Lipinski definition) is 6. The van der Waals surface area contributed by atoms with E-state index in [2.05, 4.69) is 0 Å². The van der Waals surface area contributed by atoms with E-state index in [1.165, 1.54) is 0 Å². The van der Waals surface area contributed by atoms with E-state index in [9.17, 15) is 30.0 Å². The van der Waals surface area contributed by atoms with E-state index >= 15 is 0 Å². The lowest BCUT2D eigenvalue weighted by Crippen LogP contribution is -2.63. The second kappa shape index (κ2) is 6.22. The van der Waals surface area contributed by atoms with Gasteiger partial charge in [-0.05, 0) is 43.6 Å². The lowest BCUT2D eigenvalue weighted by atomic mass is 9.46. The van der Waals surface area contributed by atoms with E-state index in [0.29, 0.717) is 12.8 Å². The highest BCUT2D eigenvalue weighted by atomic mass is 35.5. The first-order valence-electron chi connectivity index (χ1n) is 9.87. The zero-order chi connectivity index (χ0) is 20.6. The van der Waals surface area contributed by atoms with E-state index in [0.717, 1.165) is 5.57 Å². The molecule has 4 N–H and O–H groups in total. The minimum Gasteiger partial charge on any atom is -0.393 e. The van der Waals surface area contributed by atoms with Crippen molar-refractivity contribution in [1.29, 1.82) is 0 Å². The van der Waals surface area contributed by atoms with Gasteiger partial charge in [-0.1, -0.05) is 37.1 Å². The molecule has 0 spiro atoms. The van der Waals surface area contributed by atoms with Crippen LogP contribution in [-0.2, 0) is 9.59 Å². The molecule has 7 heteroatoms. The molecule has 0 heterocycles. The van der Waals surface area contributed by atoms with E-state index in [1.807, 2.05) is 6.92 Å². The number of allylic oxidation sites excluding steroid dienone is 4. The summed E-state index contributed by atoms with van der Waals surface area (Å²) in [6.07, 6.45) is 2.89. The van der Waals surface area contributed by atoms with Gasteiger partial charge in [0, 0.05) is 16.7 Å². The molecule has 0 bridgehead atoms. The van der Waals surface area contributed by atoms with Crippen molar-refractivity contribution in [3.63, 3.8) is 0 Å². The van der Waals surface area contributed by atoms with Gasteiger partial charge in [0.25, 0.3) is 0 Å². The molecule has 0 saturated heterocycles. The van der Waals surface area contributed by atoms with Gasteiger partial charge in [-0.3, -0.25) is 9.59 Å². The Labute approximate surface area is 168 Å². The fraction of sp³-hybridized carbons (Fsp3) is 0.714. The van der Waals surface area contributed by atoms with Crippen molar-refractivity contribution in [2.24, 2.45) is 28.6 Å². The molecule has 8 atom stereocenters. The van der Waals surface area contributed by atoms with Crippen molar-refractivity contribution >= 4 is 23.2 Å². The first kappa shape index (κ1) is 20.2. The van der Waals surface area contributed by atoms with Crippen LogP contribution in [0.1, 0.15) is 39.5 Å². The van der Waals surface area contributed by atoms with E-state index in [4.69, 9.17) is 11.6 Å². The second-order valence-electron chi connectivity index (χ2n) is 9.43. The maximum Gasteiger partial charge on any atom is 0.196 e. The monoisotopic (exact) mass is 410 g/mol. The number of aliphatic hydroxyl groups excluding tert-OH is 3. The van der Waals surface area contributed by atoms with Crippen LogP contribution < -0.4 is 0 Å². The molecular weight excluding hydrogens is 384 g/mol. The highest BCUT2D eigenvalue weighted by Gasteiger charge is 2.71. The molecular formula is C21H27ClO6. The molecule has 4 aliphatic rings. The SMILES string of the molecule is C[C@]12C=C(Cl)C(=O)C=C1CC[C@@H]1[C@@H]2[C@@H](O)C[C@@]2(C)[C@H]1C[C@@H](O)[C@]2(O)C(=O)CO. The Kier molecular flexibility index (Phi) is 4.50. The van der Waals surface area contributed by atoms with Crippen LogP contribution in [0.4, 0.5) is 0 Å². The Morgan fingerprint density at radius 2 is 2.00 bits per heavy atom. The molecule has 0 unspecified atom stereocenters. The summed E-state index contributed by atoms with van der Waals surface area (Å²) in [5, 5.41) is 42.6. The minimum atomic E-state index is -2.08. The average Bonchev–Trinajstić information content (AvgIpc) is 2.83. The Hall–Kier alpha value is -1.05. The largest absolute Gasteiger partial charge is 0.393 e. The summed E-state index contributed by atoms with van der Waals surface area (Å²) in [5.41, 5.74) is -2.75. The van der Waals surface area contributed by atoms with Gasteiger partial charge in [0.2, 0.25) is 0 Å². The van der Waals surface area contributed by atoms with Crippen molar-refractivity contribution in [3.8, 4) is 0 Å². The van der Waals surface area contributed by atoms with Crippen LogP contribution in [0.5, 0.6) is 0 Å². The first-order valence-corrected chi connectivity index (χ1v) is 10.2. The summed E-state index contributed by atoms with van der Waals surface area (Å²) in [7, 11) is 0. The molecule has 3 fully saturated rings. The Morgan fingerprint density at radius 3 is 2.64 bits per heavy atom. The molecule has 0 radical (unpaired) electrons. The molecule has 0 aromatic heterocycles. The van der Waals surface area contributed by atoms with Crippen LogP contribution in [0.3, 0.4) is 0 Å². The summed E-state index contributed by atoms with van der Waals surface area (Å²) >= 11 is 6.16. The highest BCUT2D eigenvalue weighted by Crippen LogP contribution is 2.67. The van der Waals surface area contributed by atoms with Gasteiger partial charge >= 0.3 is 0 Å². The van der Waals surface area contributed by atoms with Gasteiger partial charge in [0.15, 0.2) is 17.2 Å². The number of carbonyl (C=O) groups is 2. The third kappa shape index (κ3) is 2.30. The fourth-order valence-corrected chi connectivity index (χ4v) is 7.30. The number of hydrogen-bond donors (Lipinski definition) is 4. The number of fused-ring (bicyclic) bond motifs is 5. The molecule has 0 aliphatic heterocycles. The van der Waals surface area contributed by atoms with Crippen molar-refractivity contribution in [1.82, 2.24) is 0 Å². The second-order valence-corrected chi connectivity index (χ2v) is 9.84. The lowest BCUT2D eigenvalue weighted by molar-refractivity contribution is -0.190. The summed E-state index contributed by atoms with van der Waals surface area (Å²) in [5.74, 6) is -1.50. The van der Waals surface area contributed by atoms with E-state index < -0.39 is 41.0 Å². The fourth-order valence-electron chi connectivity index (χ4n) is 7.02. The third-order valence-corrected chi connectivity index (χ3v) is 8.64. The predicted molar refractivity (Wildman–Crippen MR) is 101 cm³/mol. The first-order chi connectivity index (χ1) is 13.0. The summed E-state index contributed by atoms with van der Waals surface area (Å²) in [6.45, 7) is 2.86. The van der Waals surface area contributed by atoms with Crippen LogP contribution in [0.25, 0.3) is 0 Å². The normalized spacial score (nSPS) is 50.2. The average molecular weight is 411 g/mol.